The van der Waals surface area contributed by atoms with E-state index < -0.39 is 15.9 Å². The molecule has 1 rings (SSSR count). The average molecular weight is 213 g/mol. The van der Waals surface area contributed by atoms with Gasteiger partial charge in [0.05, 0.1) is 10.5 Å². The molecule has 0 aromatic heterocycles. The van der Waals surface area contributed by atoms with Crippen molar-refractivity contribution in [3.63, 3.8) is 0 Å². The number of carbonyl (C=O) groups is 1. The predicted octanol–water partition coefficient (Wildman–Crippen LogP) is 0.852. The Balaban J connectivity index is 3.27. The minimum absolute atomic E-state index is 0.0489. The van der Waals surface area contributed by atoms with E-state index >= 15 is 0 Å². The third-order valence-corrected chi connectivity index (χ3v) is 3.15. The fourth-order valence-corrected chi connectivity index (χ4v) is 2.24. The third-order valence-electron chi connectivity index (χ3n) is 1.73. The van der Waals surface area contributed by atoms with Crippen LogP contribution in [-0.2, 0) is 14.8 Å². The molecule has 0 bridgehead atoms. The van der Waals surface area contributed by atoms with E-state index in [9.17, 15) is 13.2 Å². The van der Waals surface area contributed by atoms with Crippen LogP contribution in [-0.4, -0.2) is 14.3 Å². The van der Waals surface area contributed by atoms with E-state index in [0.29, 0.717) is 0 Å². The van der Waals surface area contributed by atoms with Crippen LogP contribution in [0.2, 0.25) is 0 Å². The molecule has 4 nitrogen and oxygen atoms in total. The molecule has 1 aliphatic heterocycles. The second kappa shape index (κ2) is 3.79. The molecule has 0 saturated carbocycles. The number of rotatable bonds is 3. The van der Waals surface area contributed by atoms with Crippen LogP contribution in [0.1, 0.15) is 13.3 Å². The highest BCUT2D eigenvalue weighted by molar-refractivity contribution is 7.94. The zero-order chi connectivity index (χ0) is 10.8. The third kappa shape index (κ3) is 1.77. The van der Waals surface area contributed by atoms with Crippen molar-refractivity contribution in [2.75, 3.05) is 0 Å². The van der Waals surface area contributed by atoms with Gasteiger partial charge in [0.15, 0.2) is 0 Å². The van der Waals surface area contributed by atoms with Crippen LogP contribution >= 0.6 is 0 Å². The monoisotopic (exact) mass is 213 g/mol. The number of hydrogen-bond acceptors (Lipinski definition) is 3. The molecule has 1 N–H and O–H groups in total. The van der Waals surface area contributed by atoms with E-state index in [1.165, 1.54) is 12.2 Å². The first kappa shape index (κ1) is 10.7. The molecular weight excluding hydrogens is 202 g/mol. The highest BCUT2D eigenvalue weighted by Gasteiger charge is 2.31. The maximum Gasteiger partial charge on any atom is 0.266 e. The fraction of sp³-hybridized carbons (Fsp3) is 0.222. The summed E-state index contributed by atoms with van der Waals surface area (Å²) in [7, 11) is -3.66. The Hall–Kier alpha value is -1.36. The summed E-state index contributed by atoms with van der Waals surface area (Å²) in [6.45, 7) is 5.26. The molecule has 0 aromatic rings. The maximum atomic E-state index is 11.3. The first-order chi connectivity index (χ1) is 6.53. The number of nitrogens with one attached hydrogen (secondary N) is 1. The van der Waals surface area contributed by atoms with Gasteiger partial charge in [0.25, 0.3) is 15.9 Å². The predicted molar refractivity (Wildman–Crippen MR) is 53.7 cm³/mol. The second-order valence-corrected chi connectivity index (χ2v) is 4.38. The molecule has 14 heavy (non-hydrogen) atoms. The summed E-state index contributed by atoms with van der Waals surface area (Å²) >= 11 is 0. The van der Waals surface area contributed by atoms with Gasteiger partial charge in [-0.1, -0.05) is 25.7 Å². The van der Waals surface area contributed by atoms with Gasteiger partial charge in [0.1, 0.15) is 0 Å². The fourth-order valence-electron chi connectivity index (χ4n) is 1.10. The molecule has 1 amide bonds. The van der Waals surface area contributed by atoms with Crippen molar-refractivity contribution in [1.29, 1.82) is 0 Å². The Bertz CT molecular complexity index is 429. The van der Waals surface area contributed by atoms with Gasteiger partial charge in [0.2, 0.25) is 0 Å². The Kier molecular flexibility index (Phi) is 2.90. The molecule has 0 spiro atoms. The number of sulfonamides is 1. The van der Waals surface area contributed by atoms with Gasteiger partial charge in [0, 0.05) is 0 Å². The first-order valence-corrected chi connectivity index (χ1v) is 5.61. The van der Waals surface area contributed by atoms with E-state index in [2.05, 4.69) is 6.58 Å². The summed E-state index contributed by atoms with van der Waals surface area (Å²) in [6, 6.07) is 0. The zero-order valence-electron chi connectivity index (χ0n) is 7.78. The van der Waals surface area contributed by atoms with Crippen molar-refractivity contribution in [3.8, 4) is 0 Å². The van der Waals surface area contributed by atoms with Crippen molar-refractivity contribution in [3.05, 3.63) is 35.3 Å². The Labute approximate surface area is 83.1 Å². The minimum atomic E-state index is -3.66. The van der Waals surface area contributed by atoms with Crippen molar-refractivity contribution in [1.82, 2.24) is 4.72 Å². The van der Waals surface area contributed by atoms with Gasteiger partial charge in [-0.2, -0.15) is 0 Å². The van der Waals surface area contributed by atoms with Crippen molar-refractivity contribution >= 4 is 15.9 Å². The highest BCUT2D eigenvalue weighted by atomic mass is 32.2. The van der Waals surface area contributed by atoms with Gasteiger partial charge in [-0.05, 0) is 12.5 Å². The molecule has 0 aromatic carbocycles. The van der Waals surface area contributed by atoms with Crippen LogP contribution in [0, 0.1) is 0 Å². The largest absolute Gasteiger partial charge is 0.268 e. The molecule has 0 radical (unpaired) electrons. The minimum Gasteiger partial charge on any atom is -0.268 e. The van der Waals surface area contributed by atoms with Crippen LogP contribution < -0.4 is 4.72 Å². The van der Waals surface area contributed by atoms with Crippen LogP contribution in [0.4, 0.5) is 0 Å². The van der Waals surface area contributed by atoms with Gasteiger partial charge in [-0.15, -0.1) is 0 Å². The second-order valence-electron chi connectivity index (χ2n) is 2.73. The van der Waals surface area contributed by atoms with E-state index in [1.807, 2.05) is 11.6 Å². The summed E-state index contributed by atoms with van der Waals surface area (Å²) in [4.78, 5) is 11.2. The lowest BCUT2D eigenvalue weighted by molar-refractivity contribution is -0.115. The molecule has 5 heteroatoms. The Morgan fingerprint density at radius 1 is 1.50 bits per heavy atom. The molecule has 0 fully saturated rings. The lowest BCUT2D eigenvalue weighted by atomic mass is 10.2. The number of carbonyl (C=O) groups excluding carboxylic acids is 1. The smallest absolute Gasteiger partial charge is 0.266 e. The summed E-state index contributed by atoms with van der Waals surface area (Å²) < 4.78 is 24.5. The molecule has 0 aliphatic carbocycles. The molecule has 0 saturated heterocycles. The summed E-state index contributed by atoms with van der Waals surface area (Å²) in [5.41, 5.74) is 0.154. The van der Waals surface area contributed by atoms with Crippen LogP contribution in [0.25, 0.3) is 0 Å². The topological polar surface area (TPSA) is 63.2 Å². The zero-order valence-corrected chi connectivity index (χ0v) is 8.60. The van der Waals surface area contributed by atoms with Crippen LogP contribution in [0.5, 0.6) is 0 Å². The summed E-state index contributed by atoms with van der Waals surface area (Å²) in [5.74, 6) is -0.593. The molecule has 0 atom stereocenters. The van der Waals surface area contributed by atoms with Gasteiger partial charge in [-0.25, -0.2) is 13.1 Å². The average Bonchev–Trinajstić information content (AvgIpc) is 2.31. The Morgan fingerprint density at radius 3 is 2.64 bits per heavy atom. The highest BCUT2D eigenvalue weighted by Crippen LogP contribution is 2.20. The standard InChI is InChI=1S/C9H11NO3S/c1-3-5-6-7-8(4-2)14(12,13)10-9(7)11/h4-6H,2-3H2,1H3,(H,10,11). The number of allylic oxidation sites excluding steroid dienone is 2. The molecule has 0 unspecified atom stereocenters. The SMILES string of the molecule is C=CC1=C(C=CCC)C(=O)NS1(=O)=O. The number of hydrogen-bond donors (Lipinski definition) is 1. The normalized spacial score (nSPS) is 20.2. The Morgan fingerprint density at radius 2 is 2.14 bits per heavy atom. The summed E-state index contributed by atoms with van der Waals surface area (Å²) in [5, 5.41) is 0. The quantitative estimate of drug-likeness (QED) is 0.756. The number of amides is 1. The van der Waals surface area contributed by atoms with Crippen LogP contribution in [0.3, 0.4) is 0 Å². The lowest BCUT2D eigenvalue weighted by Gasteiger charge is -1.92. The van der Waals surface area contributed by atoms with Gasteiger partial charge < -0.3 is 0 Å². The lowest BCUT2D eigenvalue weighted by Crippen LogP contribution is -2.22. The van der Waals surface area contributed by atoms with E-state index in [0.717, 1.165) is 6.42 Å². The van der Waals surface area contributed by atoms with E-state index in [-0.39, 0.29) is 10.5 Å². The molecule has 1 aliphatic rings. The van der Waals surface area contributed by atoms with Gasteiger partial charge >= 0.3 is 0 Å². The molecule has 76 valence electrons. The van der Waals surface area contributed by atoms with E-state index in [4.69, 9.17) is 0 Å². The first-order valence-electron chi connectivity index (χ1n) is 4.13. The van der Waals surface area contributed by atoms with E-state index in [1.54, 1.807) is 6.08 Å². The summed E-state index contributed by atoms with van der Waals surface area (Å²) in [6.07, 6.45) is 5.12. The molecular formula is C9H11NO3S. The molecule has 1 heterocycles. The van der Waals surface area contributed by atoms with Gasteiger partial charge in [-0.3, -0.25) is 4.79 Å². The van der Waals surface area contributed by atoms with Crippen LogP contribution in [0.15, 0.2) is 35.3 Å². The maximum absolute atomic E-state index is 11.3. The van der Waals surface area contributed by atoms with Crippen molar-refractivity contribution in [2.24, 2.45) is 0 Å². The van der Waals surface area contributed by atoms with Crippen molar-refractivity contribution < 1.29 is 13.2 Å². The van der Waals surface area contributed by atoms with Crippen molar-refractivity contribution in [2.45, 2.75) is 13.3 Å².